The summed E-state index contributed by atoms with van der Waals surface area (Å²) in [6.45, 7) is -0.159. The van der Waals surface area contributed by atoms with E-state index in [2.05, 4.69) is 4.72 Å². The molecule has 0 atom stereocenters. The van der Waals surface area contributed by atoms with Gasteiger partial charge in [0.05, 0.1) is 25.6 Å². The molecule has 2 aromatic carbocycles. The number of anilines is 2. The van der Waals surface area contributed by atoms with Crippen LogP contribution in [0.15, 0.2) is 41.3 Å². The van der Waals surface area contributed by atoms with Gasteiger partial charge in [-0.2, -0.15) is 0 Å². The lowest BCUT2D eigenvalue weighted by atomic mass is 10.2. The van der Waals surface area contributed by atoms with Crippen molar-refractivity contribution in [1.29, 1.82) is 0 Å². The molecule has 1 heterocycles. The lowest BCUT2D eigenvalue weighted by molar-refractivity contribution is -0.120. The van der Waals surface area contributed by atoms with Crippen LogP contribution in [0, 0.1) is 0 Å². The largest absolute Gasteiger partial charge is 0.497 e. The Bertz CT molecular complexity index is 958. The fourth-order valence-electron chi connectivity index (χ4n) is 2.58. The molecule has 2 aromatic rings. The van der Waals surface area contributed by atoms with Crippen LogP contribution in [0.3, 0.4) is 0 Å². The number of benzene rings is 2. The summed E-state index contributed by atoms with van der Waals surface area (Å²) in [6.07, 6.45) is 0. The van der Waals surface area contributed by atoms with Gasteiger partial charge in [0, 0.05) is 13.1 Å². The number of carbonyl (C=O) groups excluding carboxylic acids is 1. The maximum absolute atomic E-state index is 12.8. The van der Waals surface area contributed by atoms with Gasteiger partial charge in [0.25, 0.3) is 15.9 Å². The van der Waals surface area contributed by atoms with Gasteiger partial charge >= 0.3 is 0 Å². The zero-order valence-corrected chi connectivity index (χ0v) is 15.3. The van der Waals surface area contributed by atoms with Gasteiger partial charge in [0.1, 0.15) is 16.4 Å². The van der Waals surface area contributed by atoms with Crippen molar-refractivity contribution in [3.8, 4) is 17.2 Å². The third kappa shape index (κ3) is 3.13. The maximum Gasteiger partial charge on any atom is 0.265 e. The molecule has 8 nitrogen and oxygen atoms in total. The van der Waals surface area contributed by atoms with E-state index in [-0.39, 0.29) is 28.8 Å². The van der Waals surface area contributed by atoms with E-state index in [4.69, 9.17) is 14.2 Å². The fraction of sp³-hybridized carbons (Fsp3) is 0.235. The summed E-state index contributed by atoms with van der Waals surface area (Å²) < 4.78 is 43.9. The van der Waals surface area contributed by atoms with Gasteiger partial charge in [-0.15, -0.1) is 0 Å². The molecule has 0 aliphatic carbocycles. The molecular formula is C17H18N2O6S. The van der Waals surface area contributed by atoms with Gasteiger partial charge < -0.3 is 19.1 Å². The van der Waals surface area contributed by atoms with Crippen molar-refractivity contribution < 1.29 is 27.4 Å². The molecule has 138 valence electrons. The topological polar surface area (TPSA) is 94.2 Å². The third-order valence-electron chi connectivity index (χ3n) is 3.97. The quantitative estimate of drug-likeness (QED) is 0.853. The molecular weight excluding hydrogens is 360 g/mol. The number of sulfonamides is 1. The highest BCUT2D eigenvalue weighted by Gasteiger charge is 2.27. The third-order valence-corrected chi connectivity index (χ3v) is 5.38. The molecule has 0 fully saturated rings. The SMILES string of the molecule is COc1ccc(S(=O)(=O)Nc2cccc3c2OCC(=O)N3C)c(OC)c1. The molecule has 1 amide bonds. The van der Waals surface area contributed by atoms with Crippen LogP contribution >= 0.6 is 0 Å². The summed E-state index contributed by atoms with van der Waals surface area (Å²) in [5, 5.41) is 0. The molecule has 0 saturated heterocycles. The summed E-state index contributed by atoms with van der Waals surface area (Å²) in [7, 11) is 0.502. The zero-order chi connectivity index (χ0) is 18.9. The second-order valence-corrected chi connectivity index (χ2v) is 7.17. The highest BCUT2D eigenvalue weighted by Crippen LogP contribution is 2.39. The highest BCUT2D eigenvalue weighted by molar-refractivity contribution is 7.92. The van der Waals surface area contributed by atoms with Gasteiger partial charge in [-0.25, -0.2) is 8.42 Å². The molecule has 3 rings (SSSR count). The minimum absolute atomic E-state index is 0.0429. The molecule has 1 aliphatic heterocycles. The van der Waals surface area contributed by atoms with Crippen molar-refractivity contribution in [3.63, 3.8) is 0 Å². The Morgan fingerprint density at radius 1 is 1.15 bits per heavy atom. The van der Waals surface area contributed by atoms with Crippen LogP contribution in [0.2, 0.25) is 0 Å². The maximum atomic E-state index is 12.8. The van der Waals surface area contributed by atoms with Gasteiger partial charge in [0.15, 0.2) is 12.4 Å². The Morgan fingerprint density at radius 3 is 2.62 bits per heavy atom. The molecule has 0 bridgehead atoms. The monoisotopic (exact) mass is 378 g/mol. The van der Waals surface area contributed by atoms with Gasteiger partial charge in [0.2, 0.25) is 0 Å². The average Bonchev–Trinajstić information content (AvgIpc) is 2.64. The predicted molar refractivity (Wildman–Crippen MR) is 95.7 cm³/mol. The summed E-state index contributed by atoms with van der Waals surface area (Å²) in [4.78, 5) is 13.1. The van der Waals surface area contributed by atoms with Crippen LogP contribution in [-0.2, 0) is 14.8 Å². The van der Waals surface area contributed by atoms with E-state index in [1.54, 1.807) is 25.2 Å². The van der Waals surface area contributed by atoms with Crippen molar-refractivity contribution in [1.82, 2.24) is 0 Å². The number of methoxy groups -OCH3 is 2. The molecule has 0 aromatic heterocycles. The minimum Gasteiger partial charge on any atom is -0.497 e. The summed E-state index contributed by atoms with van der Waals surface area (Å²) >= 11 is 0. The van der Waals surface area contributed by atoms with Crippen LogP contribution in [0.5, 0.6) is 17.2 Å². The molecule has 9 heteroatoms. The van der Waals surface area contributed by atoms with Crippen molar-refractivity contribution in [3.05, 3.63) is 36.4 Å². The Kier molecular flexibility index (Phi) is 4.64. The standard InChI is InChI=1S/C17H18N2O6S/c1-19-13-6-4-5-12(17(13)25-10-16(19)20)18-26(21,22)15-8-7-11(23-2)9-14(15)24-3/h4-9,18H,10H2,1-3H3. The summed E-state index contributed by atoms with van der Waals surface area (Å²) in [5.41, 5.74) is 0.725. The van der Waals surface area contributed by atoms with E-state index < -0.39 is 10.0 Å². The number of carbonyl (C=O) groups is 1. The molecule has 26 heavy (non-hydrogen) atoms. The second kappa shape index (κ2) is 6.75. The predicted octanol–water partition coefficient (Wildman–Crippen LogP) is 1.86. The average molecular weight is 378 g/mol. The Labute approximate surface area is 151 Å². The van der Waals surface area contributed by atoms with Crippen molar-refractivity contribution in [2.24, 2.45) is 0 Å². The van der Waals surface area contributed by atoms with Crippen LogP contribution < -0.4 is 23.8 Å². The van der Waals surface area contributed by atoms with Crippen LogP contribution in [0.4, 0.5) is 11.4 Å². The van der Waals surface area contributed by atoms with Gasteiger partial charge in [-0.1, -0.05) is 6.07 Å². The molecule has 0 spiro atoms. The van der Waals surface area contributed by atoms with Gasteiger partial charge in [-0.3, -0.25) is 9.52 Å². The van der Waals surface area contributed by atoms with E-state index in [1.165, 1.54) is 37.3 Å². The van der Waals surface area contributed by atoms with E-state index in [1.807, 2.05) is 0 Å². The number of nitrogens with one attached hydrogen (secondary N) is 1. The lowest BCUT2D eigenvalue weighted by Gasteiger charge is -2.27. The molecule has 1 aliphatic rings. The van der Waals surface area contributed by atoms with E-state index in [0.29, 0.717) is 17.2 Å². The number of fused-ring (bicyclic) bond motifs is 1. The Balaban J connectivity index is 2.01. The van der Waals surface area contributed by atoms with Crippen molar-refractivity contribution in [2.45, 2.75) is 4.90 Å². The fourth-order valence-corrected chi connectivity index (χ4v) is 3.80. The first-order valence-corrected chi connectivity index (χ1v) is 9.13. The van der Waals surface area contributed by atoms with Gasteiger partial charge in [-0.05, 0) is 24.3 Å². The van der Waals surface area contributed by atoms with Crippen LogP contribution in [0.25, 0.3) is 0 Å². The first kappa shape index (κ1) is 17.9. The minimum atomic E-state index is -3.96. The van der Waals surface area contributed by atoms with Crippen molar-refractivity contribution >= 4 is 27.3 Å². The van der Waals surface area contributed by atoms with E-state index >= 15 is 0 Å². The second-order valence-electron chi connectivity index (χ2n) is 5.52. The highest BCUT2D eigenvalue weighted by atomic mass is 32.2. The lowest BCUT2D eigenvalue weighted by Crippen LogP contribution is -2.35. The zero-order valence-electron chi connectivity index (χ0n) is 14.5. The summed E-state index contributed by atoms with van der Waals surface area (Å²) in [6, 6.07) is 9.29. The summed E-state index contributed by atoms with van der Waals surface area (Å²) in [5.74, 6) is 0.705. The Hall–Kier alpha value is -2.94. The first-order valence-electron chi connectivity index (χ1n) is 7.64. The van der Waals surface area contributed by atoms with Crippen LogP contribution in [0.1, 0.15) is 0 Å². The number of nitrogens with zero attached hydrogens (tertiary/aromatic N) is 1. The molecule has 1 N–H and O–H groups in total. The number of likely N-dealkylation sites (N-methyl/N-ethyl adjacent to an activating group) is 1. The number of ether oxygens (including phenoxy) is 3. The van der Waals surface area contributed by atoms with Crippen molar-refractivity contribution in [2.75, 3.05) is 37.5 Å². The number of rotatable bonds is 5. The number of para-hydroxylation sites is 1. The Morgan fingerprint density at radius 2 is 1.92 bits per heavy atom. The van der Waals surface area contributed by atoms with E-state index in [9.17, 15) is 13.2 Å². The number of hydrogen-bond acceptors (Lipinski definition) is 6. The van der Waals surface area contributed by atoms with Crippen LogP contribution in [-0.4, -0.2) is 42.2 Å². The normalized spacial score (nSPS) is 13.7. The molecule has 0 saturated carbocycles. The first-order chi connectivity index (χ1) is 12.4. The smallest absolute Gasteiger partial charge is 0.265 e. The molecule has 0 radical (unpaired) electrons. The number of amides is 1. The molecule has 0 unspecified atom stereocenters. The number of hydrogen-bond donors (Lipinski definition) is 1. The van der Waals surface area contributed by atoms with E-state index in [0.717, 1.165) is 0 Å².